The van der Waals surface area contributed by atoms with E-state index >= 15 is 0 Å². The third kappa shape index (κ3) is 36.3. The van der Waals surface area contributed by atoms with Gasteiger partial charge in [0.1, 0.15) is 13.2 Å². The van der Waals surface area contributed by atoms with Gasteiger partial charge in [0.15, 0.2) is 0 Å². The SMILES string of the molecule is CC/C=C\C/C=C\C/C=C\C/C=C\C/C=C\CC(=O)NC(COP(=O)([O-])OCC[N+](C)(C)C)C(O)/C=C/CCCCCCCCCCCCCCC. The van der Waals surface area contributed by atoms with Crippen molar-refractivity contribution in [2.45, 2.75) is 154 Å². The lowest BCUT2D eigenvalue weighted by Gasteiger charge is -2.29. The number of phosphoric acid groups is 1. The van der Waals surface area contributed by atoms with Gasteiger partial charge in [-0.05, 0) is 44.9 Å². The van der Waals surface area contributed by atoms with Gasteiger partial charge >= 0.3 is 0 Å². The molecule has 0 aliphatic carbocycles. The minimum atomic E-state index is -4.61. The van der Waals surface area contributed by atoms with Crippen molar-refractivity contribution in [3.63, 3.8) is 0 Å². The molecule has 1 amide bonds. The van der Waals surface area contributed by atoms with Crippen molar-refractivity contribution in [1.29, 1.82) is 0 Å². The molecular weight excluding hydrogens is 671 g/mol. The number of amides is 1. The molecule has 0 aromatic rings. The van der Waals surface area contributed by atoms with Gasteiger partial charge in [0.25, 0.3) is 7.82 Å². The van der Waals surface area contributed by atoms with Crippen molar-refractivity contribution in [1.82, 2.24) is 5.32 Å². The quantitative estimate of drug-likeness (QED) is 0.0289. The number of nitrogens with one attached hydrogen (secondary N) is 1. The molecule has 0 aliphatic rings. The summed E-state index contributed by atoms with van der Waals surface area (Å²) in [6.07, 6.45) is 45.4. The molecule has 0 spiro atoms. The summed E-state index contributed by atoms with van der Waals surface area (Å²) in [5.41, 5.74) is 0. The van der Waals surface area contributed by atoms with Crippen molar-refractivity contribution >= 4 is 13.7 Å². The highest BCUT2D eigenvalue weighted by atomic mass is 31.2. The summed E-state index contributed by atoms with van der Waals surface area (Å²) < 4.78 is 23.1. The maximum Gasteiger partial charge on any atom is 0.268 e. The average molecular weight is 749 g/mol. The average Bonchev–Trinajstić information content (AvgIpc) is 3.09. The van der Waals surface area contributed by atoms with Crippen LogP contribution in [0.25, 0.3) is 0 Å². The maximum atomic E-state index is 12.7. The van der Waals surface area contributed by atoms with Gasteiger partial charge in [-0.2, -0.15) is 0 Å². The maximum absolute atomic E-state index is 12.7. The molecule has 0 aromatic heterocycles. The van der Waals surface area contributed by atoms with E-state index in [1.165, 1.54) is 70.6 Å². The van der Waals surface area contributed by atoms with Crippen LogP contribution < -0.4 is 10.2 Å². The fourth-order valence-corrected chi connectivity index (χ4v) is 5.94. The van der Waals surface area contributed by atoms with Gasteiger partial charge in [-0.3, -0.25) is 9.36 Å². The number of allylic oxidation sites excluding steroid dienone is 10. The number of aliphatic hydroxyl groups excluding tert-OH is 1. The number of phosphoric ester groups is 1. The summed E-state index contributed by atoms with van der Waals surface area (Å²) in [5.74, 6) is -0.328. The molecule has 2 N–H and O–H groups in total. The zero-order valence-corrected chi connectivity index (χ0v) is 34.6. The highest BCUT2D eigenvalue weighted by molar-refractivity contribution is 7.45. The molecule has 0 aromatic carbocycles. The van der Waals surface area contributed by atoms with Crippen LogP contribution in [0.2, 0.25) is 0 Å². The Hall–Kier alpha value is -2.06. The van der Waals surface area contributed by atoms with E-state index in [1.54, 1.807) is 12.2 Å². The molecule has 0 fully saturated rings. The first-order valence-electron chi connectivity index (χ1n) is 20.3. The van der Waals surface area contributed by atoms with Crippen LogP contribution >= 0.6 is 7.82 Å². The molecule has 0 rings (SSSR count). The third-order valence-electron chi connectivity index (χ3n) is 8.45. The first kappa shape index (κ1) is 49.9. The summed E-state index contributed by atoms with van der Waals surface area (Å²) in [6, 6.07) is -0.942. The molecule has 0 aliphatic heterocycles. The Morgan fingerprint density at radius 1 is 0.692 bits per heavy atom. The van der Waals surface area contributed by atoms with Crippen LogP contribution in [0.5, 0.6) is 0 Å². The van der Waals surface area contributed by atoms with E-state index in [0.717, 1.165) is 44.9 Å². The number of unbranched alkanes of at least 4 members (excludes halogenated alkanes) is 13. The molecule has 0 heterocycles. The predicted octanol–water partition coefficient (Wildman–Crippen LogP) is 10.2. The molecule has 0 bridgehead atoms. The van der Waals surface area contributed by atoms with E-state index in [9.17, 15) is 19.4 Å². The molecule has 0 saturated heterocycles. The second kappa shape index (κ2) is 34.7. The molecular formula is C43H77N2O6P. The summed E-state index contributed by atoms with van der Waals surface area (Å²) in [7, 11) is 1.19. The highest BCUT2D eigenvalue weighted by Crippen LogP contribution is 2.38. The zero-order valence-electron chi connectivity index (χ0n) is 33.7. The number of aliphatic hydroxyl groups is 1. The third-order valence-corrected chi connectivity index (χ3v) is 9.42. The molecule has 300 valence electrons. The lowest BCUT2D eigenvalue weighted by Crippen LogP contribution is -2.45. The predicted molar refractivity (Wildman–Crippen MR) is 219 cm³/mol. The minimum Gasteiger partial charge on any atom is -0.756 e. The van der Waals surface area contributed by atoms with Crippen LogP contribution in [0, 0.1) is 0 Å². The molecule has 52 heavy (non-hydrogen) atoms. The van der Waals surface area contributed by atoms with Crippen LogP contribution in [-0.2, 0) is 18.4 Å². The molecule has 8 nitrogen and oxygen atoms in total. The Balaban J connectivity index is 4.67. The second-order valence-electron chi connectivity index (χ2n) is 14.6. The van der Waals surface area contributed by atoms with Gasteiger partial charge in [-0.1, -0.05) is 164 Å². The monoisotopic (exact) mass is 749 g/mol. The molecule has 3 atom stereocenters. The van der Waals surface area contributed by atoms with E-state index in [4.69, 9.17) is 9.05 Å². The first-order chi connectivity index (χ1) is 25.0. The minimum absolute atomic E-state index is 0.0209. The van der Waals surface area contributed by atoms with E-state index in [2.05, 4.69) is 67.8 Å². The van der Waals surface area contributed by atoms with Crippen molar-refractivity contribution < 1.29 is 32.9 Å². The molecule has 0 saturated carbocycles. The normalized spacial score (nSPS) is 15.3. The van der Waals surface area contributed by atoms with Gasteiger partial charge < -0.3 is 28.8 Å². The Morgan fingerprint density at radius 3 is 1.63 bits per heavy atom. The number of nitrogens with zero attached hydrogens (tertiary/aromatic N) is 1. The number of rotatable bonds is 35. The number of hydrogen-bond acceptors (Lipinski definition) is 6. The topological polar surface area (TPSA) is 108 Å². The lowest BCUT2D eigenvalue weighted by molar-refractivity contribution is -0.870. The van der Waals surface area contributed by atoms with Crippen LogP contribution in [0.3, 0.4) is 0 Å². The Labute approximate surface area is 319 Å². The van der Waals surface area contributed by atoms with Gasteiger partial charge in [-0.15, -0.1) is 0 Å². The van der Waals surface area contributed by atoms with Crippen molar-refractivity contribution in [2.75, 3.05) is 40.9 Å². The fourth-order valence-electron chi connectivity index (χ4n) is 5.22. The lowest BCUT2D eigenvalue weighted by atomic mass is 10.0. The number of quaternary nitrogens is 1. The van der Waals surface area contributed by atoms with E-state index in [-0.39, 0.29) is 18.9 Å². The Bertz CT molecular complexity index is 1080. The molecule has 9 heteroatoms. The van der Waals surface area contributed by atoms with E-state index in [0.29, 0.717) is 17.4 Å². The summed E-state index contributed by atoms with van der Waals surface area (Å²) >= 11 is 0. The van der Waals surface area contributed by atoms with Crippen molar-refractivity contribution in [3.8, 4) is 0 Å². The van der Waals surface area contributed by atoms with Crippen LogP contribution in [0.4, 0.5) is 0 Å². The van der Waals surface area contributed by atoms with Gasteiger partial charge in [-0.25, -0.2) is 0 Å². The van der Waals surface area contributed by atoms with Crippen LogP contribution in [0.1, 0.15) is 142 Å². The standard InChI is InChI=1S/C43H77N2O6P/c1-6-8-10-12-14-16-18-20-22-24-26-28-30-32-34-36-42(46)41(40-51-52(48,49)50-39-38-45(3,4)5)44-43(47)37-35-33-31-29-27-25-23-21-19-17-15-13-11-9-7-2/h9,11,15,17,21,23,27,29,33-36,41-42,46H,6-8,10,12-14,16,18-20,22,24-26,28,30-32,37-40H2,1-5H3,(H-,44,47,48,49)/b11-9-,17-15-,23-21-,29-27-,35-33-,36-34+. The molecule has 0 radical (unpaired) electrons. The Kier molecular flexibility index (Phi) is 33.3. The first-order valence-corrected chi connectivity index (χ1v) is 21.8. The summed E-state index contributed by atoms with van der Waals surface area (Å²) in [5, 5.41) is 13.6. The largest absolute Gasteiger partial charge is 0.756 e. The molecule has 3 unspecified atom stereocenters. The van der Waals surface area contributed by atoms with Gasteiger partial charge in [0.2, 0.25) is 5.91 Å². The summed E-state index contributed by atoms with van der Waals surface area (Å²) in [4.78, 5) is 25.1. The second-order valence-corrected chi connectivity index (χ2v) is 16.0. The van der Waals surface area contributed by atoms with Crippen molar-refractivity contribution in [2.24, 2.45) is 0 Å². The smallest absolute Gasteiger partial charge is 0.268 e. The fraction of sp³-hybridized carbons (Fsp3) is 0.698. The zero-order chi connectivity index (χ0) is 38.6. The van der Waals surface area contributed by atoms with Crippen molar-refractivity contribution in [3.05, 3.63) is 72.9 Å². The number of carbonyl (C=O) groups excluding carboxylic acids is 1. The number of hydrogen-bond donors (Lipinski definition) is 2. The van der Waals surface area contributed by atoms with E-state index in [1.807, 2.05) is 33.3 Å². The highest BCUT2D eigenvalue weighted by Gasteiger charge is 2.22. The van der Waals surface area contributed by atoms with Gasteiger partial charge in [0.05, 0.1) is 39.9 Å². The van der Waals surface area contributed by atoms with Gasteiger partial charge in [0, 0.05) is 6.42 Å². The summed E-state index contributed by atoms with van der Waals surface area (Å²) in [6.45, 7) is 4.42. The number of likely N-dealkylation sites (N-methyl/N-ethyl adjacent to an activating group) is 1. The van der Waals surface area contributed by atoms with E-state index < -0.39 is 26.6 Å². The Morgan fingerprint density at radius 2 is 1.15 bits per heavy atom. The number of carbonyl (C=O) groups is 1. The van der Waals surface area contributed by atoms with Crippen LogP contribution in [0.15, 0.2) is 72.9 Å². The van der Waals surface area contributed by atoms with Crippen LogP contribution in [-0.4, -0.2) is 68.5 Å².